The first-order valence-electron chi connectivity index (χ1n) is 28.4. The van der Waals surface area contributed by atoms with Gasteiger partial charge >= 0.3 is 35.6 Å². The smallest absolute Gasteiger partial charge is 0.769 e. The van der Waals surface area contributed by atoms with Crippen LogP contribution in [0, 0.1) is 23.6 Å². The number of amides is 5. The predicted octanol–water partition coefficient (Wildman–Crippen LogP) is 5.13. The van der Waals surface area contributed by atoms with Gasteiger partial charge in [0.2, 0.25) is 29.5 Å². The van der Waals surface area contributed by atoms with Gasteiger partial charge in [-0.25, -0.2) is 11.9 Å². The van der Waals surface area contributed by atoms with Gasteiger partial charge in [-0.2, -0.15) is 0 Å². The zero-order valence-corrected chi connectivity index (χ0v) is 53.9. The summed E-state index contributed by atoms with van der Waals surface area (Å²) >= 11 is 3.39. The van der Waals surface area contributed by atoms with Crippen LogP contribution in [0.25, 0.3) is 16.3 Å². The van der Waals surface area contributed by atoms with Crippen molar-refractivity contribution < 1.29 is 77.4 Å². The fourth-order valence-electron chi connectivity index (χ4n) is 7.73. The summed E-state index contributed by atoms with van der Waals surface area (Å²) in [6.45, 7) is 8.17. The van der Waals surface area contributed by atoms with Crippen molar-refractivity contribution in [2.75, 3.05) is 20.7 Å². The molecule has 21 nitrogen and oxygen atoms in total. The summed E-state index contributed by atoms with van der Waals surface area (Å²) in [6, 6.07) is 40.9. The Hall–Kier alpha value is -8.25. The topological polar surface area (TPSA) is 325 Å². The van der Waals surface area contributed by atoms with E-state index in [2.05, 4.69) is 86.5 Å². The summed E-state index contributed by atoms with van der Waals surface area (Å²) in [7, 11) is 3.42. The van der Waals surface area contributed by atoms with Crippen molar-refractivity contribution in [1.82, 2.24) is 31.7 Å². The van der Waals surface area contributed by atoms with E-state index in [1.165, 1.54) is 6.21 Å². The van der Waals surface area contributed by atoms with E-state index < -0.39 is 6.04 Å². The molecule has 5 amide bonds. The molecular weight excluding hydrogens is 1160 g/mol. The molecule has 0 bridgehead atoms. The molecule has 0 aliphatic heterocycles. The molecule has 0 saturated heterocycles. The third-order valence-electron chi connectivity index (χ3n) is 12.6. The van der Waals surface area contributed by atoms with Crippen molar-refractivity contribution in [1.29, 1.82) is 0 Å². The molecular formula is C65H82ClN10NaO11. The van der Waals surface area contributed by atoms with Gasteiger partial charge in [0.05, 0.1) is 18.3 Å². The van der Waals surface area contributed by atoms with E-state index in [4.69, 9.17) is 41.8 Å². The number of ether oxygens (including phenoxy) is 2. The molecule has 10 N–H and O–H groups in total. The first kappa shape index (κ1) is 77.8. The monoisotopic (exact) mass is 1240 g/mol. The molecule has 6 aromatic rings. The second-order valence-corrected chi connectivity index (χ2v) is 19.4. The molecule has 6 rings (SSSR count). The molecule has 0 fully saturated rings. The number of hydrogen-bond donors (Lipinski definition) is 8. The maximum Gasteiger partial charge on any atom is 1.00 e. The summed E-state index contributed by atoms with van der Waals surface area (Å²) in [6.07, 6.45) is 15.0. The maximum absolute atomic E-state index is 11.8. The van der Waals surface area contributed by atoms with Crippen molar-refractivity contribution in [3.63, 3.8) is 0 Å². The van der Waals surface area contributed by atoms with Crippen LogP contribution in [0.5, 0.6) is 11.5 Å². The number of primary amides is 2. The van der Waals surface area contributed by atoms with Crippen LogP contribution < -0.4 is 81.7 Å². The molecule has 0 spiro atoms. The van der Waals surface area contributed by atoms with Crippen molar-refractivity contribution in [2.45, 2.75) is 130 Å². The van der Waals surface area contributed by atoms with Gasteiger partial charge < -0.3 is 67.1 Å². The standard InChI is InChI=1S/C26H32N4O4.C13H16N2O2.C13H18N2O2.C13H16N2O2.ClO.Na/c1-3-4-5-25(31)29-16-19-6-10-20(11-7-19)23-15-22(34-30-23)17-33-21-12-8-18(9-13-21)14-24(28-2)26(27)32;1-3-8-17-11-6-4-10(5-7-11)9-12(15-2)13(14)16;2*1-2-3-7-13(16)14-9-11-5-4-6-12(8-11)10-15-17;1-2;/h6-13,15,24,28H,3-5,14,16-17H2,1-2H3,(H2,27,32)(H,29,31);1,4-7,12,15H,8-9H2,2H3,(H2,14,16);4-6,8,10,17H,2-3,7,9H2,1H3,(H,14,16);4-6,8H,2-3,7,9H2,1H3,(H,14,16);;/q;;;;-1;+1/b;;15-10+;;;/t24-;12-;;;;/m00..../s1. The number of aromatic nitrogens is 1. The van der Waals surface area contributed by atoms with E-state index in [0.29, 0.717) is 74.6 Å². The van der Waals surface area contributed by atoms with Crippen LogP contribution in [0.2, 0.25) is 0 Å². The van der Waals surface area contributed by atoms with Crippen molar-refractivity contribution in [2.24, 2.45) is 16.6 Å². The van der Waals surface area contributed by atoms with Gasteiger partial charge in [0.25, 0.3) is 0 Å². The summed E-state index contributed by atoms with van der Waals surface area (Å²) < 4.78 is 24.2. The van der Waals surface area contributed by atoms with Crippen LogP contribution in [0.15, 0.2) is 137 Å². The second kappa shape index (κ2) is 47.8. The Labute approximate surface area is 544 Å². The van der Waals surface area contributed by atoms with Crippen LogP contribution in [-0.2, 0) is 63.1 Å². The van der Waals surface area contributed by atoms with Gasteiger partial charge in [-0.1, -0.05) is 135 Å². The number of carbonyl (C=O) groups is 5. The van der Waals surface area contributed by atoms with E-state index in [1.54, 1.807) is 32.3 Å². The van der Waals surface area contributed by atoms with Crippen molar-refractivity contribution in [3.8, 4) is 41.2 Å². The quantitative estimate of drug-likeness (QED) is 0.00953. The number of hydrogen-bond acceptors (Lipinski definition) is 15. The van der Waals surface area contributed by atoms with Crippen molar-refractivity contribution >= 4 is 47.6 Å². The van der Waals surface area contributed by atoms with Gasteiger partial charge in [-0.05, 0) is 122 Å². The molecule has 0 unspecified atom stereocenters. The number of terminal acetylenes is 1. The van der Waals surface area contributed by atoms with Crippen LogP contribution in [0.1, 0.15) is 123 Å². The minimum Gasteiger partial charge on any atom is -0.769 e. The third kappa shape index (κ3) is 33.6. The van der Waals surface area contributed by atoms with Crippen LogP contribution in [-0.4, -0.2) is 78.9 Å². The largest absolute Gasteiger partial charge is 1.00 e. The number of nitrogens with zero attached hydrogens (tertiary/aromatic N) is 3. The predicted molar refractivity (Wildman–Crippen MR) is 337 cm³/mol. The fraction of sp³-hybridized carbons (Fsp3) is 0.354. The molecule has 1 aromatic heterocycles. The molecule has 0 saturated carbocycles. The number of oxime groups is 1. The van der Waals surface area contributed by atoms with E-state index in [0.717, 1.165) is 83.2 Å². The van der Waals surface area contributed by atoms with Crippen LogP contribution in [0.4, 0.5) is 0 Å². The summed E-state index contributed by atoms with van der Waals surface area (Å²) in [5.41, 5.74) is 18.6. The summed E-state index contributed by atoms with van der Waals surface area (Å²) in [5, 5.41) is 42.6. The molecule has 0 radical (unpaired) electrons. The van der Waals surface area contributed by atoms with Gasteiger partial charge in [0.1, 0.15) is 36.0 Å². The number of rotatable bonds is 30. The Morgan fingerprint density at radius 2 is 1.12 bits per heavy atom. The first-order valence-corrected chi connectivity index (χ1v) is 28.7. The Bertz CT molecular complexity index is 3090. The minimum atomic E-state index is -0.405. The molecule has 88 heavy (non-hydrogen) atoms. The number of halogens is 1. The van der Waals surface area contributed by atoms with Gasteiger partial charge in [0.15, 0.2) is 5.76 Å². The number of unbranched alkanes of at least 4 members (excludes halogenated alkanes) is 3. The van der Waals surface area contributed by atoms with Gasteiger partial charge in [0, 0.05) is 55.5 Å². The van der Waals surface area contributed by atoms with Gasteiger partial charge in [-0.3, -0.25) is 24.0 Å². The maximum atomic E-state index is 11.8. The Balaban J connectivity index is 0.000000615. The Morgan fingerprint density at radius 3 is 1.57 bits per heavy atom. The van der Waals surface area contributed by atoms with Crippen LogP contribution >= 0.6 is 11.9 Å². The zero-order valence-electron chi connectivity index (χ0n) is 51.2. The van der Waals surface area contributed by atoms with E-state index in [9.17, 15) is 29.2 Å². The van der Waals surface area contributed by atoms with E-state index in [1.807, 2.05) is 109 Å². The van der Waals surface area contributed by atoms with Crippen molar-refractivity contribution in [3.05, 3.63) is 182 Å². The number of nitrogens with one attached hydrogen (secondary N) is 5. The summed E-state index contributed by atoms with van der Waals surface area (Å²) in [4.78, 5) is 57.0. The zero-order chi connectivity index (χ0) is 64.0. The van der Waals surface area contributed by atoms with Gasteiger partial charge in [-0.15, -0.1) is 6.42 Å². The molecule has 1 heterocycles. The van der Waals surface area contributed by atoms with Crippen LogP contribution in [0.3, 0.4) is 0 Å². The average Bonchev–Trinajstić information content (AvgIpc) is 4.19. The Kier molecular flexibility index (Phi) is 42.3. The Morgan fingerprint density at radius 1 is 0.670 bits per heavy atom. The molecule has 2 atom stereocenters. The van der Waals surface area contributed by atoms with E-state index in [-0.39, 0.29) is 78.3 Å². The molecule has 0 aliphatic rings. The number of likely N-dealkylation sites (N-methyl/N-ethyl adjacent to an activating group) is 2. The normalized spacial score (nSPS) is 10.7. The molecule has 23 heteroatoms. The first-order chi connectivity index (χ1) is 42.2. The second-order valence-electron chi connectivity index (χ2n) is 19.4. The number of carbonyl (C=O) groups excluding carboxylic acids is 5. The molecule has 0 aliphatic carbocycles. The fourth-order valence-corrected chi connectivity index (χ4v) is 7.73. The summed E-state index contributed by atoms with van der Waals surface area (Å²) in [5.74, 6) is 3.87. The number of nitrogens with two attached hydrogens (primary N) is 2. The SMILES string of the molecule is C#CCOc1ccc(C[C@H](NC)C(N)=O)cc1.CCCCC(=O)NCc1ccc(-c2cc(COc3ccc(C[C@H](NC)C(N)=O)cc3)on2)cc1.CCCCC(=O)NCc1cccc(/C=N/O)c1.CCCCC(=O)NCc1cccc(C#[N+][O-])c1.[Na+].[O-]Cl. The minimum absolute atomic E-state index is 0. The molecule has 466 valence electrons. The third-order valence-corrected chi connectivity index (χ3v) is 12.6. The average molecular weight is 1240 g/mol. The van der Waals surface area contributed by atoms with E-state index >= 15 is 0 Å². The molecule has 5 aromatic carbocycles. The number of benzene rings is 5.